The maximum Gasteiger partial charge on any atom is -0.000728 e. The first-order valence-electron chi connectivity index (χ1n) is 14.3. The van der Waals surface area contributed by atoms with Crippen molar-refractivity contribution in [2.75, 3.05) is 0 Å². The Bertz CT molecular complexity index is 2160. The summed E-state index contributed by atoms with van der Waals surface area (Å²) in [5.74, 6) is 0. The molecule has 0 aliphatic heterocycles. The second-order valence-corrected chi connectivity index (χ2v) is 10.9. The van der Waals surface area contributed by atoms with Crippen molar-refractivity contribution in [2.24, 2.45) is 0 Å². The maximum atomic E-state index is 2.38. The molecule has 8 aromatic rings. The molecule has 0 atom stereocenters. The van der Waals surface area contributed by atoms with E-state index in [-0.39, 0.29) is 0 Å². The lowest BCUT2D eigenvalue weighted by molar-refractivity contribution is 1.23. The molecule has 0 radical (unpaired) electrons. The SMILES string of the molecule is c1ccc(-c2ccccc2Cc2c3ccccc3c(-c3ccc4c(ccc5ccccc54)c3)c3ccccc23)cc1. The number of benzene rings is 8. The Kier molecular flexibility index (Phi) is 5.64. The third-order valence-corrected chi connectivity index (χ3v) is 8.55. The van der Waals surface area contributed by atoms with Gasteiger partial charge in [0.25, 0.3) is 0 Å². The number of hydrogen-bond acceptors (Lipinski definition) is 0. The van der Waals surface area contributed by atoms with Crippen LogP contribution in [0.25, 0.3) is 65.3 Å². The van der Waals surface area contributed by atoms with Gasteiger partial charge in [0, 0.05) is 0 Å². The van der Waals surface area contributed by atoms with Crippen LogP contribution in [0.2, 0.25) is 0 Å². The van der Waals surface area contributed by atoms with E-state index in [1.807, 2.05) is 0 Å². The minimum atomic E-state index is 0.871. The van der Waals surface area contributed by atoms with E-state index in [0.29, 0.717) is 0 Å². The average molecular weight is 521 g/mol. The molecule has 0 aliphatic rings. The minimum absolute atomic E-state index is 0.871. The van der Waals surface area contributed by atoms with E-state index in [4.69, 9.17) is 0 Å². The Labute approximate surface area is 240 Å². The smallest absolute Gasteiger partial charge is 0.000728 e. The van der Waals surface area contributed by atoms with Crippen LogP contribution in [0.3, 0.4) is 0 Å². The van der Waals surface area contributed by atoms with Crippen LogP contribution in [0.15, 0.2) is 158 Å². The monoisotopic (exact) mass is 520 g/mol. The first-order valence-corrected chi connectivity index (χ1v) is 14.3. The molecule has 41 heavy (non-hydrogen) atoms. The van der Waals surface area contributed by atoms with Crippen molar-refractivity contribution in [3.8, 4) is 22.3 Å². The van der Waals surface area contributed by atoms with Crippen molar-refractivity contribution in [3.63, 3.8) is 0 Å². The van der Waals surface area contributed by atoms with Crippen molar-refractivity contribution in [1.29, 1.82) is 0 Å². The Hall–Kier alpha value is -5.20. The van der Waals surface area contributed by atoms with Crippen molar-refractivity contribution in [3.05, 3.63) is 169 Å². The largest absolute Gasteiger partial charge is 0.0622 e. The van der Waals surface area contributed by atoms with Crippen molar-refractivity contribution in [1.82, 2.24) is 0 Å². The Morgan fingerprint density at radius 2 is 0.902 bits per heavy atom. The van der Waals surface area contributed by atoms with Gasteiger partial charge in [-0.1, -0.05) is 152 Å². The second-order valence-electron chi connectivity index (χ2n) is 10.9. The molecule has 0 heterocycles. The van der Waals surface area contributed by atoms with Crippen LogP contribution in [0.4, 0.5) is 0 Å². The zero-order valence-electron chi connectivity index (χ0n) is 22.7. The summed E-state index contributed by atoms with van der Waals surface area (Å²) in [5, 5.41) is 10.4. The lowest BCUT2D eigenvalue weighted by Gasteiger charge is -2.19. The van der Waals surface area contributed by atoms with E-state index in [2.05, 4.69) is 158 Å². The fourth-order valence-corrected chi connectivity index (χ4v) is 6.65. The van der Waals surface area contributed by atoms with Gasteiger partial charge in [-0.05, 0) is 89.0 Å². The highest BCUT2D eigenvalue weighted by Gasteiger charge is 2.17. The molecule has 0 bridgehead atoms. The molecule has 0 fully saturated rings. The van der Waals surface area contributed by atoms with Crippen LogP contribution in [-0.2, 0) is 6.42 Å². The van der Waals surface area contributed by atoms with Crippen molar-refractivity contribution < 1.29 is 0 Å². The summed E-state index contributed by atoms with van der Waals surface area (Å²) in [5.41, 5.74) is 7.86. The zero-order chi connectivity index (χ0) is 27.2. The van der Waals surface area contributed by atoms with Gasteiger partial charge in [-0.25, -0.2) is 0 Å². The van der Waals surface area contributed by atoms with Crippen molar-refractivity contribution in [2.45, 2.75) is 6.42 Å². The molecule has 8 aromatic carbocycles. The molecule has 0 heteroatoms. The summed E-state index contributed by atoms with van der Waals surface area (Å²) in [6.45, 7) is 0. The standard InChI is InChI=1S/C41H28/c1-2-12-28(13-3-1)33-16-6-5-15-30(33)27-40-36-18-8-10-20-38(36)41(39-21-11-9-19-37(39)40)32-24-25-35-31(26-32)23-22-29-14-4-7-17-34(29)35/h1-26H,27H2. The van der Waals surface area contributed by atoms with E-state index in [9.17, 15) is 0 Å². The van der Waals surface area contributed by atoms with Gasteiger partial charge >= 0.3 is 0 Å². The van der Waals surface area contributed by atoms with Crippen molar-refractivity contribution >= 4 is 43.1 Å². The molecule has 0 aromatic heterocycles. The van der Waals surface area contributed by atoms with E-state index in [0.717, 1.165) is 6.42 Å². The zero-order valence-corrected chi connectivity index (χ0v) is 22.7. The highest BCUT2D eigenvalue weighted by Crippen LogP contribution is 2.42. The molecule has 0 amide bonds. The van der Waals surface area contributed by atoms with Gasteiger partial charge in [0.15, 0.2) is 0 Å². The first kappa shape index (κ1) is 23.7. The molecule has 0 saturated carbocycles. The molecule has 0 spiro atoms. The summed E-state index contributed by atoms with van der Waals surface area (Å²) in [6, 6.07) is 57.7. The van der Waals surface area contributed by atoms with Gasteiger partial charge in [-0.15, -0.1) is 0 Å². The molecular weight excluding hydrogens is 492 g/mol. The molecule has 0 nitrogen and oxygen atoms in total. The number of rotatable bonds is 4. The fraction of sp³-hybridized carbons (Fsp3) is 0.0244. The van der Waals surface area contributed by atoms with Crippen LogP contribution in [-0.4, -0.2) is 0 Å². The maximum absolute atomic E-state index is 2.38. The molecule has 8 rings (SSSR count). The minimum Gasteiger partial charge on any atom is -0.0622 e. The predicted octanol–water partition coefficient (Wildman–Crippen LogP) is 11.2. The Morgan fingerprint density at radius 1 is 0.341 bits per heavy atom. The van der Waals surface area contributed by atoms with E-state index < -0.39 is 0 Å². The Balaban J connectivity index is 1.37. The highest BCUT2D eigenvalue weighted by atomic mass is 14.2. The van der Waals surface area contributed by atoms with Crippen LogP contribution < -0.4 is 0 Å². The highest BCUT2D eigenvalue weighted by molar-refractivity contribution is 6.17. The van der Waals surface area contributed by atoms with Gasteiger partial charge in [0.2, 0.25) is 0 Å². The molecule has 0 aliphatic carbocycles. The second kappa shape index (κ2) is 9.77. The van der Waals surface area contributed by atoms with Crippen LogP contribution >= 0.6 is 0 Å². The lowest BCUT2D eigenvalue weighted by atomic mass is 9.84. The summed E-state index contributed by atoms with van der Waals surface area (Å²) >= 11 is 0. The van der Waals surface area contributed by atoms with Gasteiger partial charge in [0.05, 0.1) is 0 Å². The molecule has 0 unspecified atom stereocenters. The van der Waals surface area contributed by atoms with Gasteiger partial charge in [-0.3, -0.25) is 0 Å². The summed E-state index contributed by atoms with van der Waals surface area (Å²) in [4.78, 5) is 0. The summed E-state index contributed by atoms with van der Waals surface area (Å²) in [7, 11) is 0. The quantitative estimate of drug-likeness (QED) is 0.160. The summed E-state index contributed by atoms with van der Waals surface area (Å²) in [6.07, 6.45) is 0.871. The van der Waals surface area contributed by atoms with Gasteiger partial charge in [0.1, 0.15) is 0 Å². The van der Waals surface area contributed by atoms with E-state index in [1.165, 1.54) is 76.5 Å². The Morgan fingerprint density at radius 3 is 1.66 bits per heavy atom. The first-order chi connectivity index (χ1) is 20.3. The topological polar surface area (TPSA) is 0 Å². The third kappa shape index (κ3) is 4.00. The van der Waals surface area contributed by atoms with E-state index in [1.54, 1.807) is 0 Å². The van der Waals surface area contributed by atoms with Crippen LogP contribution in [0.1, 0.15) is 11.1 Å². The van der Waals surface area contributed by atoms with Gasteiger partial charge < -0.3 is 0 Å². The molecule has 0 saturated heterocycles. The number of fused-ring (bicyclic) bond motifs is 5. The normalized spacial score (nSPS) is 11.5. The third-order valence-electron chi connectivity index (χ3n) is 8.55. The van der Waals surface area contributed by atoms with Crippen LogP contribution in [0, 0.1) is 0 Å². The molecular formula is C41H28. The fourth-order valence-electron chi connectivity index (χ4n) is 6.65. The average Bonchev–Trinajstić information content (AvgIpc) is 3.05. The van der Waals surface area contributed by atoms with E-state index >= 15 is 0 Å². The van der Waals surface area contributed by atoms with Crippen LogP contribution in [0.5, 0.6) is 0 Å². The molecule has 0 N–H and O–H groups in total. The molecule has 192 valence electrons. The van der Waals surface area contributed by atoms with Gasteiger partial charge in [-0.2, -0.15) is 0 Å². The summed E-state index contributed by atoms with van der Waals surface area (Å²) < 4.78 is 0. The predicted molar refractivity (Wildman–Crippen MR) is 177 cm³/mol. The lowest BCUT2D eigenvalue weighted by Crippen LogP contribution is -1.97. The number of hydrogen-bond donors (Lipinski definition) is 0.